The average molecular weight is 311 g/mol. The molecule has 0 aliphatic heterocycles. The van der Waals surface area contributed by atoms with Gasteiger partial charge in [-0.05, 0) is 12.1 Å². The summed E-state index contributed by atoms with van der Waals surface area (Å²) in [6.07, 6.45) is -4.35. The van der Waals surface area contributed by atoms with Crippen LogP contribution in [0.2, 0.25) is 0 Å². The van der Waals surface area contributed by atoms with Crippen LogP contribution in [0.15, 0.2) is 18.2 Å². The van der Waals surface area contributed by atoms with Crippen LogP contribution in [0, 0.1) is 5.82 Å². The van der Waals surface area contributed by atoms with E-state index in [9.17, 15) is 17.6 Å². The highest BCUT2D eigenvalue weighted by atomic mass is 35.5. The Labute approximate surface area is 117 Å². The molecule has 0 radical (unpaired) electrons. The first-order chi connectivity index (χ1) is 9.40. The number of halogens is 5. The van der Waals surface area contributed by atoms with Gasteiger partial charge in [-0.15, -0.1) is 11.6 Å². The number of hydrogen-bond acceptors (Lipinski definition) is 2. The Hall–Kier alpha value is -1.34. The molecule has 0 aliphatic rings. The largest absolute Gasteiger partial charge is 0.411 e. The van der Waals surface area contributed by atoms with Gasteiger partial charge in [0, 0.05) is 12.6 Å². The number of imidazole rings is 1. The molecule has 0 atom stereocenters. The minimum atomic E-state index is -4.35. The van der Waals surface area contributed by atoms with E-state index in [2.05, 4.69) is 9.72 Å². The first-order valence-corrected chi connectivity index (χ1v) is 6.29. The molecular weight excluding hydrogens is 300 g/mol. The molecule has 20 heavy (non-hydrogen) atoms. The smallest absolute Gasteiger partial charge is 0.370 e. The van der Waals surface area contributed by atoms with Gasteiger partial charge in [-0.2, -0.15) is 13.2 Å². The van der Waals surface area contributed by atoms with Crippen molar-refractivity contribution in [3.05, 3.63) is 29.8 Å². The molecular formula is C12H11ClF4N2O. The summed E-state index contributed by atoms with van der Waals surface area (Å²) in [5.74, 6) is 0.106. The van der Waals surface area contributed by atoms with E-state index in [4.69, 9.17) is 11.6 Å². The third-order valence-corrected chi connectivity index (χ3v) is 2.87. The van der Waals surface area contributed by atoms with Crippen LogP contribution in [0.4, 0.5) is 17.6 Å². The number of fused-ring (bicyclic) bond motifs is 1. The Morgan fingerprint density at radius 1 is 1.30 bits per heavy atom. The van der Waals surface area contributed by atoms with Crippen molar-refractivity contribution >= 4 is 22.6 Å². The molecule has 1 aromatic carbocycles. The molecule has 0 aliphatic carbocycles. The first-order valence-electron chi connectivity index (χ1n) is 5.76. The van der Waals surface area contributed by atoms with E-state index in [1.807, 2.05) is 0 Å². The molecule has 1 heterocycles. The molecule has 110 valence electrons. The van der Waals surface area contributed by atoms with Crippen molar-refractivity contribution in [1.82, 2.24) is 9.55 Å². The summed E-state index contributed by atoms with van der Waals surface area (Å²) in [6.45, 7) is -1.27. The van der Waals surface area contributed by atoms with E-state index >= 15 is 0 Å². The molecule has 1 aromatic heterocycles. The molecule has 2 aromatic rings. The predicted octanol–water partition coefficient (Wildman–Crippen LogP) is 3.49. The summed E-state index contributed by atoms with van der Waals surface area (Å²) < 4.78 is 55.1. The molecule has 0 saturated carbocycles. The van der Waals surface area contributed by atoms with E-state index in [0.717, 1.165) is 0 Å². The normalized spacial score (nSPS) is 12.2. The second kappa shape index (κ2) is 5.97. The van der Waals surface area contributed by atoms with Crippen LogP contribution in [-0.2, 0) is 17.2 Å². The van der Waals surface area contributed by atoms with Crippen molar-refractivity contribution in [3.8, 4) is 0 Å². The number of benzene rings is 1. The van der Waals surface area contributed by atoms with Gasteiger partial charge in [-0.3, -0.25) is 0 Å². The number of ether oxygens (including phenoxy) is 1. The van der Waals surface area contributed by atoms with Crippen LogP contribution in [0.1, 0.15) is 5.82 Å². The van der Waals surface area contributed by atoms with Crippen LogP contribution >= 0.6 is 11.6 Å². The molecule has 8 heteroatoms. The van der Waals surface area contributed by atoms with Crippen molar-refractivity contribution in [2.45, 2.75) is 18.6 Å². The van der Waals surface area contributed by atoms with E-state index in [1.165, 1.54) is 18.2 Å². The van der Waals surface area contributed by atoms with Crippen molar-refractivity contribution in [2.75, 3.05) is 13.2 Å². The quantitative estimate of drug-likeness (QED) is 0.480. The Morgan fingerprint density at radius 3 is 2.70 bits per heavy atom. The van der Waals surface area contributed by atoms with Crippen molar-refractivity contribution < 1.29 is 22.3 Å². The fraction of sp³-hybridized carbons (Fsp3) is 0.417. The second-order valence-corrected chi connectivity index (χ2v) is 4.38. The minimum absolute atomic E-state index is 0.0789. The third-order valence-electron chi connectivity index (χ3n) is 2.63. The molecule has 0 fully saturated rings. The Bertz CT molecular complexity index is 597. The van der Waals surface area contributed by atoms with E-state index in [1.54, 1.807) is 4.57 Å². The van der Waals surface area contributed by atoms with Crippen LogP contribution in [0.5, 0.6) is 0 Å². The highest BCUT2D eigenvalue weighted by Crippen LogP contribution is 2.19. The first kappa shape index (κ1) is 15.1. The van der Waals surface area contributed by atoms with Gasteiger partial charge in [0.2, 0.25) is 0 Å². The molecule has 0 unspecified atom stereocenters. The highest BCUT2D eigenvalue weighted by Gasteiger charge is 2.27. The lowest BCUT2D eigenvalue weighted by Crippen LogP contribution is -2.19. The van der Waals surface area contributed by atoms with Gasteiger partial charge in [0.1, 0.15) is 18.2 Å². The van der Waals surface area contributed by atoms with Gasteiger partial charge in [-0.25, -0.2) is 9.37 Å². The average Bonchev–Trinajstić information content (AvgIpc) is 2.70. The number of hydrogen-bond donors (Lipinski definition) is 0. The third kappa shape index (κ3) is 3.61. The fourth-order valence-corrected chi connectivity index (χ4v) is 2.05. The molecule has 0 bridgehead atoms. The van der Waals surface area contributed by atoms with Crippen molar-refractivity contribution in [1.29, 1.82) is 0 Å². The molecule has 2 rings (SSSR count). The number of aromatic nitrogens is 2. The summed E-state index contributed by atoms with van der Waals surface area (Å²) >= 11 is 5.73. The number of alkyl halides is 4. The van der Waals surface area contributed by atoms with Crippen molar-refractivity contribution in [3.63, 3.8) is 0 Å². The maximum absolute atomic E-state index is 13.1. The summed E-state index contributed by atoms with van der Waals surface area (Å²) in [5.41, 5.74) is 1.02. The maximum Gasteiger partial charge on any atom is 0.411 e. The van der Waals surface area contributed by atoms with E-state index in [-0.39, 0.29) is 19.0 Å². The highest BCUT2D eigenvalue weighted by molar-refractivity contribution is 6.16. The Balaban J connectivity index is 2.12. The number of rotatable bonds is 5. The Kier molecular flexibility index (Phi) is 4.49. The lowest BCUT2D eigenvalue weighted by Gasteiger charge is -2.10. The molecule has 3 nitrogen and oxygen atoms in total. The van der Waals surface area contributed by atoms with Gasteiger partial charge in [0.15, 0.2) is 0 Å². The van der Waals surface area contributed by atoms with Gasteiger partial charge >= 0.3 is 6.18 Å². The summed E-state index contributed by atoms with van der Waals surface area (Å²) in [7, 11) is 0. The molecule has 0 amide bonds. The lowest BCUT2D eigenvalue weighted by atomic mass is 10.3. The van der Waals surface area contributed by atoms with Crippen LogP contribution in [-0.4, -0.2) is 28.9 Å². The van der Waals surface area contributed by atoms with Crippen LogP contribution in [0.25, 0.3) is 11.0 Å². The SMILES string of the molecule is Fc1ccc2c(c1)nc(CCl)n2CCOCC(F)(F)F. The standard InChI is InChI=1S/C12H11ClF4N2O/c13-6-11-18-9-5-8(14)1-2-10(9)19(11)3-4-20-7-12(15,16)17/h1-2,5H,3-4,6-7H2. The van der Waals surface area contributed by atoms with E-state index in [0.29, 0.717) is 16.9 Å². The molecule has 0 N–H and O–H groups in total. The summed E-state index contributed by atoms with van der Waals surface area (Å²) in [6, 6.07) is 4.02. The Morgan fingerprint density at radius 2 is 2.05 bits per heavy atom. The van der Waals surface area contributed by atoms with Gasteiger partial charge in [0.25, 0.3) is 0 Å². The van der Waals surface area contributed by atoms with Crippen LogP contribution < -0.4 is 0 Å². The maximum atomic E-state index is 13.1. The van der Waals surface area contributed by atoms with Gasteiger partial charge < -0.3 is 9.30 Å². The topological polar surface area (TPSA) is 27.1 Å². The molecule has 0 saturated heterocycles. The lowest BCUT2D eigenvalue weighted by molar-refractivity contribution is -0.174. The fourth-order valence-electron chi connectivity index (χ4n) is 1.85. The number of nitrogens with zero attached hydrogens (tertiary/aromatic N) is 2. The second-order valence-electron chi connectivity index (χ2n) is 4.11. The van der Waals surface area contributed by atoms with Crippen molar-refractivity contribution in [2.24, 2.45) is 0 Å². The summed E-state index contributed by atoms with van der Waals surface area (Å²) in [4.78, 5) is 4.13. The zero-order valence-electron chi connectivity index (χ0n) is 10.3. The zero-order chi connectivity index (χ0) is 14.8. The summed E-state index contributed by atoms with van der Waals surface area (Å²) in [5, 5.41) is 0. The minimum Gasteiger partial charge on any atom is -0.370 e. The molecule has 0 spiro atoms. The van der Waals surface area contributed by atoms with E-state index < -0.39 is 18.6 Å². The van der Waals surface area contributed by atoms with Gasteiger partial charge in [-0.1, -0.05) is 0 Å². The monoisotopic (exact) mass is 310 g/mol. The van der Waals surface area contributed by atoms with Crippen LogP contribution in [0.3, 0.4) is 0 Å². The van der Waals surface area contributed by atoms with Gasteiger partial charge in [0.05, 0.1) is 23.5 Å². The zero-order valence-corrected chi connectivity index (χ0v) is 11.0. The predicted molar refractivity (Wildman–Crippen MR) is 66.1 cm³/mol.